The molecule has 26 heavy (non-hydrogen) atoms. The number of hydrogen-bond acceptors (Lipinski definition) is 3. The number of piperidine rings is 1. The number of carbonyl (C=O) groups excluding carboxylic acids is 2. The van der Waals surface area contributed by atoms with E-state index in [2.05, 4.69) is 5.32 Å². The smallest absolute Gasteiger partial charge is 0.255 e. The molecule has 1 saturated heterocycles. The summed E-state index contributed by atoms with van der Waals surface area (Å²) in [7, 11) is 0. The number of anilines is 1. The van der Waals surface area contributed by atoms with Gasteiger partial charge in [0.25, 0.3) is 11.8 Å². The first-order valence-electron chi connectivity index (χ1n) is 9.11. The lowest BCUT2D eigenvalue weighted by Gasteiger charge is -2.26. The van der Waals surface area contributed by atoms with E-state index >= 15 is 0 Å². The van der Waals surface area contributed by atoms with Gasteiger partial charge in [0, 0.05) is 24.2 Å². The zero-order valence-electron chi connectivity index (χ0n) is 15.0. The van der Waals surface area contributed by atoms with Gasteiger partial charge in [-0.05, 0) is 56.5 Å². The maximum Gasteiger partial charge on any atom is 0.255 e. The van der Waals surface area contributed by atoms with Crippen molar-refractivity contribution in [3.05, 3.63) is 59.7 Å². The molecule has 1 heterocycles. The molecule has 136 valence electrons. The summed E-state index contributed by atoms with van der Waals surface area (Å²) < 4.78 is 5.54. The molecule has 0 radical (unpaired) electrons. The van der Waals surface area contributed by atoms with Gasteiger partial charge in [0.05, 0.1) is 12.3 Å². The summed E-state index contributed by atoms with van der Waals surface area (Å²) in [6, 6.07) is 14.2. The van der Waals surface area contributed by atoms with Crippen LogP contribution in [-0.2, 0) is 0 Å². The van der Waals surface area contributed by atoms with Crippen molar-refractivity contribution in [3.63, 3.8) is 0 Å². The fraction of sp³-hybridized carbons (Fsp3) is 0.333. The number of nitrogens with zero attached hydrogens (tertiary/aromatic N) is 1. The number of hydrogen-bond donors (Lipinski definition) is 1. The monoisotopic (exact) mass is 352 g/mol. The molecule has 1 N–H and O–H groups in total. The Morgan fingerprint density at radius 3 is 2.50 bits per heavy atom. The first kappa shape index (κ1) is 18.0. The van der Waals surface area contributed by atoms with E-state index in [9.17, 15) is 9.59 Å². The van der Waals surface area contributed by atoms with Gasteiger partial charge in [-0.15, -0.1) is 0 Å². The van der Waals surface area contributed by atoms with Crippen LogP contribution in [0.25, 0.3) is 0 Å². The third-order valence-corrected chi connectivity index (χ3v) is 4.45. The third kappa shape index (κ3) is 4.23. The highest BCUT2D eigenvalue weighted by Gasteiger charge is 2.19. The number of carbonyl (C=O) groups is 2. The van der Waals surface area contributed by atoms with Crippen molar-refractivity contribution in [3.8, 4) is 5.75 Å². The summed E-state index contributed by atoms with van der Waals surface area (Å²) in [4.78, 5) is 27.1. The molecule has 1 aliphatic rings. The van der Waals surface area contributed by atoms with Gasteiger partial charge in [-0.3, -0.25) is 9.59 Å². The minimum Gasteiger partial charge on any atom is -0.492 e. The number of ether oxygens (including phenoxy) is 1. The number of rotatable bonds is 5. The van der Waals surface area contributed by atoms with Gasteiger partial charge in [-0.2, -0.15) is 0 Å². The molecule has 0 atom stereocenters. The summed E-state index contributed by atoms with van der Waals surface area (Å²) in [6.45, 7) is 4.00. The number of amides is 2. The first-order chi connectivity index (χ1) is 12.7. The molecule has 2 aromatic rings. The zero-order chi connectivity index (χ0) is 18.4. The maximum absolute atomic E-state index is 12.6. The van der Waals surface area contributed by atoms with E-state index < -0.39 is 0 Å². The van der Waals surface area contributed by atoms with Crippen LogP contribution in [0.2, 0.25) is 0 Å². The molecule has 0 unspecified atom stereocenters. The highest BCUT2D eigenvalue weighted by Crippen LogP contribution is 2.24. The van der Waals surface area contributed by atoms with Crippen molar-refractivity contribution in [2.45, 2.75) is 26.2 Å². The van der Waals surface area contributed by atoms with E-state index in [0.717, 1.165) is 25.9 Å². The van der Waals surface area contributed by atoms with Gasteiger partial charge in [0.1, 0.15) is 5.75 Å². The van der Waals surface area contributed by atoms with Crippen LogP contribution in [0.1, 0.15) is 46.9 Å². The fourth-order valence-electron chi connectivity index (χ4n) is 3.12. The van der Waals surface area contributed by atoms with Gasteiger partial charge >= 0.3 is 0 Å². The Morgan fingerprint density at radius 2 is 1.73 bits per heavy atom. The highest BCUT2D eigenvalue weighted by atomic mass is 16.5. The summed E-state index contributed by atoms with van der Waals surface area (Å²) >= 11 is 0. The maximum atomic E-state index is 12.6. The van der Waals surface area contributed by atoms with Crippen molar-refractivity contribution in [1.82, 2.24) is 4.90 Å². The van der Waals surface area contributed by atoms with Crippen LogP contribution in [0.15, 0.2) is 48.5 Å². The SMILES string of the molecule is CCOc1ccccc1NC(=O)c1cccc(C(=O)N2CCCCC2)c1. The quantitative estimate of drug-likeness (QED) is 0.886. The molecule has 5 heteroatoms. The second kappa shape index (κ2) is 8.52. The van der Waals surface area contributed by atoms with Gasteiger partial charge in [-0.1, -0.05) is 18.2 Å². The third-order valence-electron chi connectivity index (χ3n) is 4.45. The molecular weight excluding hydrogens is 328 g/mol. The van der Waals surface area contributed by atoms with Gasteiger partial charge in [0.2, 0.25) is 0 Å². The molecule has 0 saturated carbocycles. The molecule has 1 aliphatic heterocycles. The summed E-state index contributed by atoms with van der Waals surface area (Å²) in [5.74, 6) is 0.364. The van der Waals surface area contributed by atoms with Crippen molar-refractivity contribution in [2.24, 2.45) is 0 Å². The molecule has 3 rings (SSSR count). The largest absolute Gasteiger partial charge is 0.492 e. The van der Waals surface area contributed by atoms with Gasteiger partial charge in [-0.25, -0.2) is 0 Å². The Kier molecular flexibility index (Phi) is 5.89. The van der Waals surface area contributed by atoms with Crippen LogP contribution in [0, 0.1) is 0 Å². The molecule has 0 spiro atoms. The van der Waals surface area contributed by atoms with E-state index in [-0.39, 0.29) is 11.8 Å². The summed E-state index contributed by atoms with van der Waals surface area (Å²) in [5.41, 5.74) is 1.63. The number of benzene rings is 2. The van der Waals surface area contributed by atoms with Crippen molar-refractivity contribution in [1.29, 1.82) is 0 Å². The first-order valence-corrected chi connectivity index (χ1v) is 9.11. The topological polar surface area (TPSA) is 58.6 Å². The predicted molar refractivity (Wildman–Crippen MR) is 102 cm³/mol. The normalized spacial score (nSPS) is 14.0. The van der Waals surface area contributed by atoms with Crippen LogP contribution >= 0.6 is 0 Å². The molecule has 0 aromatic heterocycles. The Labute approximate surface area is 154 Å². The van der Waals surface area contributed by atoms with Gasteiger partial charge < -0.3 is 15.0 Å². The molecular formula is C21H24N2O3. The number of likely N-dealkylation sites (tertiary alicyclic amines) is 1. The standard InChI is InChI=1S/C21H24N2O3/c1-2-26-19-12-5-4-11-18(19)22-20(24)16-9-8-10-17(15-16)21(25)23-13-6-3-7-14-23/h4-5,8-12,15H,2-3,6-7,13-14H2,1H3,(H,22,24). The fourth-order valence-corrected chi connectivity index (χ4v) is 3.12. The number of nitrogens with one attached hydrogen (secondary N) is 1. The average Bonchev–Trinajstić information content (AvgIpc) is 2.70. The molecule has 2 amide bonds. The average molecular weight is 352 g/mol. The molecule has 5 nitrogen and oxygen atoms in total. The lowest BCUT2D eigenvalue weighted by Crippen LogP contribution is -2.35. The van der Waals surface area contributed by atoms with E-state index in [1.54, 1.807) is 30.3 Å². The number of para-hydroxylation sites is 2. The minimum absolute atomic E-state index is 0.00549. The zero-order valence-corrected chi connectivity index (χ0v) is 15.0. The van der Waals surface area contributed by atoms with Crippen LogP contribution < -0.4 is 10.1 Å². The molecule has 0 aliphatic carbocycles. The summed E-state index contributed by atoms with van der Waals surface area (Å²) in [6.07, 6.45) is 3.26. The van der Waals surface area contributed by atoms with Crippen molar-refractivity contribution >= 4 is 17.5 Å². The second-order valence-electron chi connectivity index (χ2n) is 6.32. The van der Waals surface area contributed by atoms with Crippen LogP contribution in [0.5, 0.6) is 5.75 Å². The van der Waals surface area contributed by atoms with E-state index in [4.69, 9.17) is 4.74 Å². The predicted octanol–water partition coefficient (Wildman–Crippen LogP) is 3.96. The second-order valence-corrected chi connectivity index (χ2v) is 6.32. The van der Waals surface area contributed by atoms with Crippen LogP contribution in [0.3, 0.4) is 0 Å². The Morgan fingerprint density at radius 1 is 1.00 bits per heavy atom. The Balaban J connectivity index is 1.75. The van der Waals surface area contributed by atoms with Crippen LogP contribution in [0.4, 0.5) is 5.69 Å². The lowest BCUT2D eigenvalue weighted by atomic mass is 10.1. The Bertz CT molecular complexity index is 782. The minimum atomic E-state index is -0.259. The van der Waals surface area contributed by atoms with Crippen molar-refractivity contribution in [2.75, 3.05) is 25.0 Å². The lowest BCUT2D eigenvalue weighted by molar-refractivity contribution is 0.0724. The highest BCUT2D eigenvalue weighted by molar-refractivity contribution is 6.06. The van der Waals surface area contributed by atoms with E-state index in [1.165, 1.54) is 6.42 Å². The van der Waals surface area contributed by atoms with E-state index in [0.29, 0.717) is 29.2 Å². The molecule has 2 aromatic carbocycles. The summed E-state index contributed by atoms with van der Waals surface area (Å²) in [5, 5.41) is 2.87. The van der Waals surface area contributed by atoms with E-state index in [1.807, 2.05) is 30.0 Å². The Hall–Kier alpha value is -2.82. The van der Waals surface area contributed by atoms with Gasteiger partial charge in [0.15, 0.2) is 0 Å². The van der Waals surface area contributed by atoms with Crippen molar-refractivity contribution < 1.29 is 14.3 Å². The molecule has 0 bridgehead atoms. The molecule has 1 fully saturated rings. The van der Waals surface area contributed by atoms with Crippen LogP contribution in [-0.4, -0.2) is 36.4 Å².